The third-order valence-corrected chi connectivity index (χ3v) is 2.62. The zero-order chi connectivity index (χ0) is 16.5. The van der Waals surface area contributed by atoms with Gasteiger partial charge in [0.05, 0.1) is 19.6 Å². The number of carboxylic acids is 1. The van der Waals surface area contributed by atoms with Gasteiger partial charge in [0.25, 0.3) is 0 Å². The van der Waals surface area contributed by atoms with E-state index < -0.39 is 5.97 Å². The highest BCUT2D eigenvalue weighted by Gasteiger charge is 2.06. The number of carboxylic acid groups (broad SMARTS) is 1. The number of methoxy groups -OCH3 is 1. The summed E-state index contributed by atoms with van der Waals surface area (Å²) in [6.45, 7) is 3.95. The van der Waals surface area contributed by atoms with Gasteiger partial charge in [0.1, 0.15) is 0 Å². The lowest BCUT2D eigenvalue weighted by molar-refractivity contribution is -0.136. The van der Waals surface area contributed by atoms with Crippen LogP contribution in [0.4, 0.5) is 0 Å². The van der Waals surface area contributed by atoms with Crippen LogP contribution in [0.3, 0.4) is 0 Å². The molecule has 0 fully saturated rings. The number of nitrogens with one attached hydrogen (secondary N) is 1. The Kier molecular flexibility index (Phi) is 6.95. The second kappa shape index (κ2) is 8.71. The molecular formula is C16H21NO5. The van der Waals surface area contributed by atoms with E-state index in [4.69, 9.17) is 14.6 Å². The van der Waals surface area contributed by atoms with Crippen molar-refractivity contribution in [2.24, 2.45) is 0 Å². The van der Waals surface area contributed by atoms with Crippen LogP contribution >= 0.6 is 0 Å². The monoisotopic (exact) mass is 307 g/mol. The van der Waals surface area contributed by atoms with Crippen LogP contribution in [0.1, 0.15) is 25.8 Å². The quantitative estimate of drug-likeness (QED) is 0.718. The third-order valence-electron chi connectivity index (χ3n) is 2.62. The van der Waals surface area contributed by atoms with Gasteiger partial charge in [-0.15, -0.1) is 0 Å². The van der Waals surface area contributed by atoms with Gasteiger partial charge in [0.15, 0.2) is 11.5 Å². The van der Waals surface area contributed by atoms with Crippen molar-refractivity contribution in [1.29, 1.82) is 0 Å². The smallest absolute Gasteiger partial charge is 0.305 e. The first kappa shape index (κ1) is 17.6. The van der Waals surface area contributed by atoms with Crippen LogP contribution in [0.25, 0.3) is 6.08 Å². The Morgan fingerprint density at radius 2 is 2.05 bits per heavy atom. The zero-order valence-electron chi connectivity index (χ0n) is 13.0. The second-order valence-electron chi connectivity index (χ2n) is 4.85. The second-order valence-corrected chi connectivity index (χ2v) is 4.85. The van der Waals surface area contributed by atoms with Gasteiger partial charge in [-0.1, -0.05) is 6.07 Å². The van der Waals surface area contributed by atoms with E-state index in [1.807, 2.05) is 13.8 Å². The summed E-state index contributed by atoms with van der Waals surface area (Å²) in [5.41, 5.74) is 0.779. The summed E-state index contributed by atoms with van der Waals surface area (Å²) in [6.07, 6.45) is 2.90. The van der Waals surface area contributed by atoms with E-state index in [0.717, 1.165) is 5.56 Å². The first-order valence-corrected chi connectivity index (χ1v) is 6.94. The molecule has 2 N–H and O–H groups in total. The lowest BCUT2D eigenvalue weighted by Gasteiger charge is -2.13. The molecule has 0 aromatic heterocycles. The van der Waals surface area contributed by atoms with Crippen LogP contribution in [0.5, 0.6) is 11.5 Å². The molecule has 22 heavy (non-hydrogen) atoms. The Morgan fingerprint density at radius 3 is 2.64 bits per heavy atom. The van der Waals surface area contributed by atoms with Crippen LogP contribution in [0.15, 0.2) is 24.3 Å². The Hall–Kier alpha value is -2.50. The van der Waals surface area contributed by atoms with Crippen LogP contribution in [-0.4, -0.2) is 36.7 Å². The molecule has 0 bridgehead atoms. The van der Waals surface area contributed by atoms with E-state index in [-0.39, 0.29) is 25.0 Å². The summed E-state index contributed by atoms with van der Waals surface area (Å²) in [5.74, 6) is -0.0693. The number of hydrogen-bond donors (Lipinski definition) is 2. The lowest BCUT2D eigenvalue weighted by Crippen LogP contribution is -2.23. The molecule has 0 saturated carbocycles. The number of amides is 1. The van der Waals surface area contributed by atoms with Crippen molar-refractivity contribution in [2.75, 3.05) is 13.7 Å². The summed E-state index contributed by atoms with van der Waals surface area (Å²) in [5, 5.41) is 11.0. The number of aliphatic carboxylic acids is 1. The maximum Gasteiger partial charge on any atom is 0.305 e. The molecule has 0 spiro atoms. The minimum absolute atomic E-state index is 0.0373. The Bertz CT molecular complexity index is 551. The Balaban J connectivity index is 2.67. The summed E-state index contributed by atoms with van der Waals surface area (Å²) in [4.78, 5) is 21.9. The SMILES string of the molecule is COc1cc(/C=C/C(=O)NCCC(=O)O)ccc1OC(C)C. The number of ether oxygens (including phenoxy) is 2. The highest BCUT2D eigenvalue weighted by molar-refractivity contribution is 5.92. The molecule has 0 saturated heterocycles. The summed E-state index contributed by atoms with van der Waals surface area (Å²) in [7, 11) is 1.55. The van der Waals surface area contributed by atoms with Crippen LogP contribution in [-0.2, 0) is 9.59 Å². The molecule has 0 aliphatic carbocycles. The van der Waals surface area contributed by atoms with Crippen LogP contribution < -0.4 is 14.8 Å². The van der Waals surface area contributed by atoms with Gasteiger partial charge in [-0.05, 0) is 37.6 Å². The van der Waals surface area contributed by atoms with Crippen molar-refractivity contribution in [3.63, 3.8) is 0 Å². The molecule has 0 aliphatic rings. The fourth-order valence-electron chi connectivity index (χ4n) is 1.66. The van der Waals surface area contributed by atoms with Crippen LogP contribution in [0, 0.1) is 0 Å². The van der Waals surface area contributed by atoms with Crippen molar-refractivity contribution in [2.45, 2.75) is 26.4 Å². The molecule has 6 nitrogen and oxygen atoms in total. The standard InChI is InChI=1S/C16H21NO5/c1-11(2)22-13-6-4-12(10-14(13)21-3)5-7-15(18)17-9-8-16(19)20/h4-7,10-11H,8-9H2,1-3H3,(H,17,18)(H,19,20)/b7-5+. The largest absolute Gasteiger partial charge is 0.493 e. The number of rotatable bonds is 8. The van der Waals surface area contributed by atoms with Crippen molar-refractivity contribution in [3.05, 3.63) is 29.8 Å². The number of carbonyl (C=O) groups excluding carboxylic acids is 1. The maximum atomic E-state index is 11.5. The van der Waals surface area contributed by atoms with Gasteiger partial charge >= 0.3 is 5.97 Å². The van der Waals surface area contributed by atoms with Gasteiger partial charge < -0.3 is 19.9 Å². The highest BCUT2D eigenvalue weighted by atomic mass is 16.5. The van der Waals surface area contributed by atoms with E-state index in [2.05, 4.69) is 5.32 Å². The molecule has 0 radical (unpaired) electrons. The molecule has 0 unspecified atom stereocenters. The minimum atomic E-state index is -0.949. The van der Waals surface area contributed by atoms with Gasteiger partial charge in [-0.3, -0.25) is 9.59 Å². The van der Waals surface area contributed by atoms with Gasteiger partial charge in [-0.25, -0.2) is 0 Å². The molecular weight excluding hydrogens is 286 g/mol. The molecule has 1 aromatic rings. The average molecular weight is 307 g/mol. The molecule has 1 aromatic carbocycles. The van der Waals surface area contributed by atoms with E-state index >= 15 is 0 Å². The fraction of sp³-hybridized carbons (Fsp3) is 0.375. The summed E-state index contributed by atoms with van der Waals surface area (Å²) < 4.78 is 10.9. The molecule has 1 rings (SSSR count). The summed E-state index contributed by atoms with van der Waals surface area (Å²) >= 11 is 0. The average Bonchev–Trinajstić information content (AvgIpc) is 2.45. The first-order chi connectivity index (χ1) is 10.4. The minimum Gasteiger partial charge on any atom is -0.493 e. The first-order valence-electron chi connectivity index (χ1n) is 6.94. The van der Waals surface area contributed by atoms with Gasteiger partial charge in [-0.2, -0.15) is 0 Å². The molecule has 0 aliphatic heterocycles. The van der Waals surface area contributed by atoms with E-state index in [1.54, 1.807) is 31.4 Å². The number of carbonyl (C=O) groups is 2. The molecule has 0 heterocycles. The normalized spacial score (nSPS) is 10.7. The maximum absolute atomic E-state index is 11.5. The molecule has 6 heteroatoms. The molecule has 1 amide bonds. The van der Waals surface area contributed by atoms with Crippen molar-refractivity contribution >= 4 is 18.0 Å². The Labute approximate surface area is 129 Å². The molecule has 120 valence electrons. The number of benzene rings is 1. The number of hydrogen-bond acceptors (Lipinski definition) is 4. The highest BCUT2D eigenvalue weighted by Crippen LogP contribution is 2.29. The zero-order valence-corrected chi connectivity index (χ0v) is 13.0. The lowest BCUT2D eigenvalue weighted by atomic mass is 10.2. The van der Waals surface area contributed by atoms with Gasteiger partial charge in [0.2, 0.25) is 5.91 Å². The topological polar surface area (TPSA) is 84.9 Å². The van der Waals surface area contributed by atoms with Crippen molar-refractivity contribution in [3.8, 4) is 11.5 Å². The van der Waals surface area contributed by atoms with Crippen LogP contribution in [0.2, 0.25) is 0 Å². The Morgan fingerprint density at radius 1 is 1.32 bits per heavy atom. The van der Waals surface area contributed by atoms with Crippen molar-refractivity contribution < 1.29 is 24.2 Å². The van der Waals surface area contributed by atoms with E-state index in [0.29, 0.717) is 11.5 Å². The molecule has 0 atom stereocenters. The predicted octanol–water partition coefficient (Wildman–Crippen LogP) is 2.09. The fourth-order valence-corrected chi connectivity index (χ4v) is 1.66. The van der Waals surface area contributed by atoms with E-state index in [1.165, 1.54) is 6.08 Å². The summed E-state index contributed by atoms with van der Waals surface area (Å²) in [6, 6.07) is 5.35. The van der Waals surface area contributed by atoms with E-state index in [9.17, 15) is 9.59 Å². The van der Waals surface area contributed by atoms with Crippen molar-refractivity contribution in [1.82, 2.24) is 5.32 Å². The van der Waals surface area contributed by atoms with Gasteiger partial charge in [0, 0.05) is 12.6 Å². The predicted molar refractivity (Wildman–Crippen MR) is 83.1 cm³/mol. The third kappa shape index (κ3) is 6.30.